The van der Waals surface area contributed by atoms with Gasteiger partial charge < -0.3 is 4.43 Å². The quantitative estimate of drug-likeness (QED) is 0.431. The zero-order valence-electron chi connectivity index (χ0n) is 14.8. The Morgan fingerprint density at radius 2 is 1.35 bits per heavy atom. The van der Waals surface area contributed by atoms with Gasteiger partial charge in [-0.25, -0.2) is 0 Å². The molecule has 2 heteroatoms. The summed E-state index contributed by atoms with van der Waals surface area (Å²) in [7, 11) is -2.33. The maximum atomic E-state index is 6.76. The Morgan fingerprint density at radius 3 is 1.74 bits per heavy atom. The second-order valence-electron chi connectivity index (χ2n) is 6.87. The lowest BCUT2D eigenvalue weighted by Gasteiger charge is -2.43. The van der Waals surface area contributed by atoms with Crippen LogP contribution >= 0.6 is 0 Å². The van der Waals surface area contributed by atoms with Crippen LogP contribution in [0, 0.1) is 0 Å². The van der Waals surface area contributed by atoms with Gasteiger partial charge in [0.25, 0.3) is 8.32 Å². The Hall–Kier alpha value is -1.64. The minimum atomic E-state index is -2.33. The van der Waals surface area contributed by atoms with E-state index in [0.29, 0.717) is 0 Å². The highest BCUT2D eigenvalue weighted by atomic mass is 28.4. The third kappa shape index (κ3) is 3.82. The van der Waals surface area contributed by atoms with Crippen molar-refractivity contribution in [1.82, 2.24) is 0 Å². The van der Waals surface area contributed by atoms with Crippen molar-refractivity contribution in [3.05, 3.63) is 72.8 Å². The van der Waals surface area contributed by atoms with Crippen molar-refractivity contribution >= 4 is 18.7 Å². The summed E-state index contributed by atoms with van der Waals surface area (Å²) < 4.78 is 6.76. The summed E-state index contributed by atoms with van der Waals surface area (Å²) in [4.78, 5) is 0. The first-order valence-corrected chi connectivity index (χ1v) is 10.3. The fourth-order valence-corrected chi connectivity index (χ4v) is 7.79. The van der Waals surface area contributed by atoms with Crippen LogP contribution in [0.4, 0.5) is 0 Å². The summed E-state index contributed by atoms with van der Waals surface area (Å²) in [5.74, 6) is 0. The maximum absolute atomic E-state index is 6.76. The largest absolute Gasteiger partial charge is 0.407 e. The van der Waals surface area contributed by atoms with Gasteiger partial charge >= 0.3 is 0 Å². The highest BCUT2D eigenvalue weighted by Gasteiger charge is 2.49. The summed E-state index contributed by atoms with van der Waals surface area (Å²) in [6, 6.07) is 21.6. The molecule has 2 aromatic rings. The molecule has 0 heterocycles. The van der Waals surface area contributed by atoms with E-state index in [4.69, 9.17) is 4.43 Å². The average Bonchev–Trinajstić information content (AvgIpc) is 2.55. The van der Waals surface area contributed by atoms with E-state index in [2.05, 4.69) is 101 Å². The average molecular weight is 325 g/mol. The van der Waals surface area contributed by atoms with E-state index in [1.807, 2.05) is 0 Å². The van der Waals surface area contributed by atoms with Crippen LogP contribution in [0.25, 0.3) is 0 Å². The monoisotopic (exact) mass is 324 g/mol. The minimum Gasteiger partial charge on any atom is -0.407 e. The molecule has 0 bridgehead atoms. The SMILES string of the molecule is C/C=C\CCO[Si](c1ccccc1)(c1ccccc1)C(C)(C)C. The van der Waals surface area contributed by atoms with Crippen LogP contribution < -0.4 is 10.4 Å². The van der Waals surface area contributed by atoms with Crippen LogP contribution in [-0.2, 0) is 4.43 Å². The molecule has 1 nitrogen and oxygen atoms in total. The summed E-state index contributed by atoms with van der Waals surface area (Å²) in [6.45, 7) is 9.76. The van der Waals surface area contributed by atoms with E-state index in [-0.39, 0.29) is 5.04 Å². The zero-order valence-corrected chi connectivity index (χ0v) is 15.8. The molecule has 122 valence electrons. The van der Waals surface area contributed by atoms with Gasteiger partial charge in [0.15, 0.2) is 0 Å². The number of rotatable bonds is 6. The highest BCUT2D eigenvalue weighted by Crippen LogP contribution is 2.36. The van der Waals surface area contributed by atoms with E-state index in [1.54, 1.807) is 0 Å². The van der Waals surface area contributed by atoms with Crippen molar-refractivity contribution < 1.29 is 4.43 Å². The van der Waals surface area contributed by atoms with E-state index in [9.17, 15) is 0 Å². The molecule has 0 amide bonds. The Kier molecular flexibility index (Phi) is 5.97. The van der Waals surface area contributed by atoms with E-state index >= 15 is 0 Å². The van der Waals surface area contributed by atoms with E-state index in [1.165, 1.54) is 10.4 Å². The Bertz CT molecular complexity index is 572. The van der Waals surface area contributed by atoms with Gasteiger partial charge in [-0.3, -0.25) is 0 Å². The molecule has 0 aliphatic heterocycles. The van der Waals surface area contributed by atoms with Gasteiger partial charge in [-0.05, 0) is 28.8 Å². The predicted molar refractivity (Wildman–Crippen MR) is 103 cm³/mol. The normalized spacial score (nSPS) is 12.7. The molecule has 0 atom stereocenters. The van der Waals surface area contributed by atoms with E-state index < -0.39 is 8.32 Å². The lowest BCUT2D eigenvalue weighted by molar-refractivity contribution is 0.304. The summed E-state index contributed by atoms with van der Waals surface area (Å²) in [5.41, 5.74) is 0. The number of allylic oxidation sites excluding steroid dienone is 1. The third-order valence-electron chi connectivity index (χ3n) is 4.26. The lowest BCUT2D eigenvalue weighted by Crippen LogP contribution is -2.66. The fourth-order valence-electron chi connectivity index (χ4n) is 3.21. The van der Waals surface area contributed by atoms with Gasteiger partial charge in [0.1, 0.15) is 0 Å². The highest BCUT2D eigenvalue weighted by molar-refractivity contribution is 6.99. The molecule has 0 aliphatic rings. The molecule has 0 aliphatic carbocycles. The third-order valence-corrected chi connectivity index (χ3v) is 9.30. The predicted octanol–water partition coefficient (Wildman–Crippen LogP) is 4.53. The first kappa shape index (κ1) is 17.7. The molecule has 0 unspecified atom stereocenters. The van der Waals surface area contributed by atoms with Crippen molar-refractivity contribution in [3.8, 4) is 0 Å². The molecule has 0 fully saturated rings. The molecular weight excluding hydrogens is 296 g/mol. The Labute approximate surface area is 142 Å². The molecule has 0 radical (unpaired) electrons. The second-order valence-corrected chi connectivity index (χ2v) is 11.2. The zero-order chi connectivity index (χ0) is 16.8. The smallest absolute Gasteiger partial charge is 0.261 e. The molecule has 0 saturated carbocycles. The Balaban J connectivity index is 2.55. The molecule has 0 spiro atoms. The molecule has 0 N–H and O–H groups in total. The van der Waals surface area contributed by atoms with Gasteiger partial charge in [-0.15, -0.1) is 0 Å². The first-order chi connectivity index (χ1) is 11.0. The lowest BCUT2D eigenvalue weighted by atomic mass is 10.2. The first-order valence-electron chi connectivity index (χ1n) is 8.38. The van der Waals surface area contributed by atoms with E-state index in [0.717, 1.165) is 13.0 Å². The number of benzene rings is 2. The molecule has 0 aromatic heterocycles. The van der Waals surface area contributed by atoms with Crippen LogP contribution in [0.1, 0.15) is 34.1 Å². The molecule has 2 rings (SSSR count). The van der Waals surface area contributed by atoms with Crippen LogP contribution in [-0.4, -0.2) is 14.9 Å². The van der Waals surface area contributed by atoms with Gasteiger partial charge in [-0.1, -0.05) is 93.6 Å². The summed E-state index contributed by atoms with van der Waals surface area (Å²) in [5, 5.41) is 2.75. The van der Waals surface area contributed by atoms with Gasteiger partial charge in [0.2, 0.25) is 0 Å². The van der Waals surface area contributed by atoms with Crippen molar-refractivity contribution in [3.63, 3.8) is 0 Å². The Morgan fingerprint density at radius 1 is 0.870 bits per heavy atom. The topological polar surface area (TPSA) is 9.23 Å². The van der Waals surface area contributed by atoms with Crippen molar-refractivity contribution in [1.29, 1.82) is 0 Å². The number of hydrogen-bond donors (Lipinski definition) is 0. The standard InChI is InChI=1S/C21H28OSi/c1-5-6-13-18-22-23(21(2,3)4,19-14-9-7-10-15-19)20-16-11-8-12-17-20/h5-12,14-17H,13,18H2,1-4H3/b6-5-. The second kappa shape index (κ2) is 7.76. The van der Waals surface area contributed by atoms with Crippen LogP contribution in [0.15, 0.2) is 72.8 Å². The van der Waals surface area contributed by atoms with Gasteiger partial charge in [-0.2, -0.15) is 0 Å². The minimum absolute atomic E-state index is 0.0611. The fraction of sp³-hybridized carbons (Fsp3) is 0.333. The molecule has 23 heavy (non-hydrogen) atoms. The van der Waals surface area contributed by atoms with Crippen molar-refractivity contribution in [2.24, 2.45) is 0 Å². The van der Waals surface area contributed by atoms with Crippen LogP contribution in [0.5, 0.6) is 0 Å². The summed E-state index contributed by atoms with van der Waals surface area (Å²) in [6.07, 6.45) is 5.23. The summed E-state index contributed by atoms with van der Waals surface area (Å²) >= 11 is 0. The molecule has 2 aromatic carbocycles. The maximum Gasteiger partial charge on any atom is 0.261 e. The van der Waals surface area contributed by atoms with Crippen LogP contribution in [0.2, 0.25) is 5.04 Å². The molecule has 0 saturated heterocycles. The number of hydrogen-bond acceptors (Lipinski definition) is 1. The van der Waals surface area contributed by atoms with Crippen molar-refractivity contribution in [2.75, 3.05) is 6.61 Å². The van der Waals surface area contributed by atoms with Gasteiger partial charge in [0, 0.05) is 6.61 Å². The molecular formula is C21H28OSi. The van der Waals surface area contributed by atoms with Gasteiger partial charge in [0.05, 0.1) is 0 Å². The van der Waals surface area contributed by atoms with Crippen LogP contribution in [0.3, 0.4) is 0 Å². The van der Waals surface area contributed by atoms with Crippen molar-refractivity contribution in [2.45, 2.75) is 39.2 Å².